The molecule has 0 aliphatic carbocycles. The van der Waals surface area contributed by atoms with Crippen LogP contribution in [0.3, 0.4) is 0 Å². The second kappa shape index (κ2) is 12.1. The normalized spacial score (nSPS) is 13.0. The van der Waals surface area contributed by atoms with Gasteiger partial charge in [0.2, 0.25) is 0 Å². The molecule has 1 saturated heterocycles. The number of carbonyl (C=O) groups excluding carboxylic acids is 2. The molecule has 1 aliphatic rings. The zero-order valence-electron chi connectivity index (χ0n) is 19.9. The molecular formula is C27H27ClN4O4. The molecule has 3 aromatic rings. The van der Waals surface area contributed by atoms with Crippen molar-refractivity contribution in [3.63, 3.8) is 0 Å². The number of hydrogen-bond donors (Lipinski definition) is 2. The summed E-state index contributed by atoms with van der Waals surface area (Å²) < 4.78 is 11.0. The molecule has 4 rings (SSSR count). The van der Waals surface area contributed by atoms with Crippen LogP contribution in [0, 0.1) is 0 Å². The average molecular weight is 507 g/mol. The standard InChI is InChI=1S/C27H27ClN4O4/c1-35-24-16-19(15-23(28)26(24)36-18-25(33)30-21-7-3-2-4-8-21)17-29-31-27(34)20-9-11-22(12-10-20)32-13-5-6-14-32/h2-4,7-12,15-17H,5-6,13-14,18H2,1H3,(H,30,33)(H,31,34)/b29-17-. The van der Waals surface area contributed by atoms with Crippen molar-refractivity contribution in [1.82, 2.24) is 5.43 Å². The van der Waals surface area contributed by atoms with Crippen molar-refractivity contribution in [2.75, 3.05) is 37.0 Å². The monoisotopic (exact) mass is 506 g/mol. The van der Waals surface area contributed by atoms with E-state index >= 15 is 0 Å². The van der Waals surface area contributed by atoms with Crippen LogP contribution in [0.2, 0.25) is 5.02 Å². The lowest BCUT2D eigenvalue weighted by Crippen LogP contribution is -2.20. The number of halogens is 1. The van der Waals surface area contributed by atoms with Crippen molar-refractivity contribution in [2.45, 2.75) is 12.8 Å². The second-order valence-corrected chi connectivity index (χ2v) is 8.58. The molecule has 0 aromatic heterocycles. The largest absolute Gasteiger partial charge is 0.493 e. The lowest BCUT2D eigenvalue weighted by Gasteiger charge is -2.17. The van der Waals surface area contributed by atoms with E-state index in [1.807, 2.05) is 30.3 Å². The Balaban J connectivity index is 1.34. The zero-order chi connectivity index (χ0) is 25.3. The quantitative estimate of drug-likeness (QED) is 0.323. The Morgan fingerprint density at radius 3 is 2.47 bits per heavy atom. The van der Waals surface area contributed by atoms with Gasteiger partial charge in [0.15, 0.2) is 18.1 Å². The van der Waals surface area contributed by atoms with Gasteiger partial charge in [-0.05, 0) is 66.9 Å². The third-order valence-corrected chi connectivity index (χ3v) is 5.92. The van der Waals surface area contributed by atoms with Crippen molar-refractivity contribution in [3.05, 3.63) is 82.9 Å². The first-order valence-electron chi connectivity index (χ1n) is 11.6. The van der Waals surface area contributed by atoms with Crippen molar-refractivity contribution < 1.29 is 19.1 Å². The third-order valence-electron chi connectivity index (χ3n) is 5.64. The molecule has 36 heavy (non-hydrogen) atoms. The summed E-state index contributed by atoms with van der Waals surface area (Å²) in [5, 5.41) is 7.01. The van der Waals surface area contributed by atoms with Crippen LogP contribution in [0.5, 0.6) is 11.5 Å². The first-order chi connectivity index (χ1) is 17.5. The molecule has 0 spiro atoms. The molecule has 1 heterocycles. The molecule has 1 aliphatic heterocycles. The van der Waals surface area contributed by atoms with Crippen LogP contribution in [-0.2, 0) is 4.79 Å². The summed E-state index contributed by atoms with van der Waals surface area (Å²) in [6.07, 6.45) is 3.85. The summed E-state index contributed by atoms with van der Waals surface area (Å²) in [6.45, 7) is 1.85. The SMILES string of the molecule is COc1cc(/C=N\NC(=O)c2ccc(N3CCCC3)cc2)cc(Cl)c1OCC(=O)Nc1ccccc1. The van der Waals surface area contributed by atoms with Crippen molar-refractivity contribution in [2.24, 2.45) is 5.10 Å². The molecule has 0 bridgehead atoms. The molecular weight excluding hydrogens is 480 g/mol. The van der Waals surface area contributed by atoms with Crippen LogP contribution >= 0.6 is 11.6 Å². The van der Waals surface area contributed by atoms with E-state index in [0.717, 1.165) is 18.8 Å². The number of hydrazone groups is 1. The highest BCUT2D eigenvalue weighted by atomic mass is 35.5. The second-order valence-electron chi connectivity index (χ2n) is 8.18. The summed E-state index contributed by atoms with van der Waals surface area (Å²) in [5.41, 5.74) is 5.41. The van der Waals surface area contributed by atoms with Crippen LogP contribution < -0.4 is 25.1 Å². The van der Waals surface area contributed by atoms with E-state index < -0.39 is 0 Å². The summed E-state index contributed by atoms with van der Waals surface area (Å²) in [6, 6.07) is 19.8. The number of carbonyl (C=O) groups is 2. The van der Waals surface area contributed by atoms with E-state index in [9.17, 15) is 9.59 Å². The van der Waals surface area contributed by atoms with Crippen LogP contribution in [0.15, 0.2) is 71.8 Å². The molecule has 1 fully saturated rings. The highest BCUT2D eigenvalue weighted by molar-refractivity contribution is 6.32. The minimum Gasteiger partial charge on any atom is -0.493 e. The fourth-order valence-electron chi connectivity index (χ4n) is 3.84. The smallest absolute Gasteiger partial charge is 0.271 e. The fraction of sp³-hybridized carbons (Fsp3) is 0.222. The maximum absolute atomic E-state index is 12.4. The molecule has 0 unspecified atom stereocenters. The molecule has 2 amide bonds. The number of methoxy groups -OCH3 is 1. The Morgan fingerprint density at radius 2 is 1.78 bits per heavy atom. The van der Waals surface area contributed by atoms with Gasteiger partial charge in [0.1, 0.15) is 0 Å². The van der Waals surface area contributed by atoms with Crippen molar-refractivity contribution >= 4 is 41.0 Å². The van der Waals surface area contributed by atoms with Crippen LogP contribution in [-0.4, -0.2) is 44.8 Å². The maximum atomic E-state index is 12.4. The number of para-hydroxylation sites is 1. The number of nitrogens with one attached hydrogen (secondary N) is 2. The first-order valence-corrected chi connectivity index (χ1v) is 11.9. The molecule has 2 N–H and O–H groups in total. The first kappa shape index (κ1) is 25.1. The highest BCUT2D eigenvalue weighted by Crippen LogP contribution is 2.36. The van der Waals surface area contributed by atoms with E-state index in [1.165, 1.54) is 26.2 Å². The number of benzene rings is 3. The van der Waals surface area contributed by atoms with E-state index in [1.54, 1.807) is 36.4 Å². The topological polar surface area (TPSA) is 92.3 Å². The minimum atomic E-state index is -0.332. The molecule has 8 nitrogen and oxygen atoms in total. The minimum absolute atomic E-state index is 0.238. The van der Waals surface area contributed by atoms with Gasteiger partial charge in [0.05, 0.1) is 18.3 Å². The van der Waals surface area contributed by atoms with Gasteiger partial charge in [-0.25, -0.2) is 5.43 Å². The molecule has 0 radical (unpaired) electrons. The van der Waals surface area contributed by atoms with Gasteiger partial charge < -0.3 is 19.7 Å². The van der Waals surface area contributed by atoms with E-state index in [0.29, 0.717) is 22.6 Å². The third kappa shape index (κ3) is 6.55. The van der Waals surface area contributed by atoms with Crippen molar-refractivity contribution in [1.29, 1.82) is 0 Å². The van der Waals surface area contributed by atoms with E-state index in [-0.39, 0.29) is 29.2 Å². The zero-order valence-corrected chi connectivity index (χ0v) is 20.6. The van der Waals surface area contributed by atoms with Gasteiger partial charge in [0, 0.05) is 30.0 Å². The Hall–Kier alpha value is -4.04. The Kier molecular flexibility index (Phi) is 8.41. The van der Waals surface area contributed by atoms with Gasteiger partial charge in [-0.2, -0.15) is 5.10 Å². The summed E-state index contributed by atoms with van der Waals surface area (Å²) >= 11 is 6.37. The molecule has 186 valence electrons. The number of ether oxygens (including phenoxy) is 2. The number of amides is 2. The predicted octanol–water partition coefficient (Wildman–Crippen LogP) is 4.73. The van der Waals surface area contributed by atoms with Gasteiger partial charge >= 0.3 is 0 Å². The fourth-order valence-corrected chi connectivity index (χ4v) is 4.11. The number of nitrogens with zero attached hydrogens (tertiary/aromatic N) is 2. The van der Waals surface area contributed by atoms with Crippen LogP contribution in [0.1, 0.15) is 28.8 Å². The molecule has 9 heteroatoms. The van der Waals surface area contributed by atoms with Gasteiger partial charge in [-0.3, -0.25) is 9.59 Å². The number of anilines is 2. The number of hydrogen-bond acceptors (Lipinski definition) is 6. The lowest BCUT2D eigenvalue weighted by molar-refractivity contribution is -0.118. The highest BCUT2D eigenvalue weighted by Gasteiger charge is 2.15. The summed E-state index contributed by atoms with van der Waals surface area (Å²) in [4.78, 5) is 26.9. The average Bonchev–Trinajstić information content (AvgIpc) is 3.43. The Labute approximate surface area is 214 Å². The molecule has 0 saturated carbocycles. The van der Waals surface area contributed by atoms with Gasteiger partial charge in [-0.15, -0.1) is 0 Å². The van der Waals surface area contributed by atoms with Gasteiger partial charge in [-0.1, -0.05) is 29.8 Å². The van der Waals surface area contributed by atoms with E-state index in [4.69, 9.17) is 21.1 Å². The lowest BCUT2D eigenvalue weighted by atomic mass is 10.2. The number of rotatable bonds is 9. The van der Waals surface area contributed by atoms with Crippen LogP contribution in [0.4, 0.5) is 11.4 Å². The van der Waals surface area contributed by atoms with Crippen molar-refractivity contribution in [3.8, 4) is 11.5 Å². The van der Waals surface area contributed by atoms with E-state index in [2.05, 4.69) is 20.7 Å². The Morgan fingerprint density at radius 1 is 1.06 bits per heavy atom. The van der Waals surface area contributed by atoms with Crippen LogP contribution in [0.25, 0.3) is 0 Å². The maximum Gasteiger partial charge on any atom is 0.271 e. The summed E-state index contributed by atoms with van der Waals surface area (Å²) in [5.74, 6) is -0.0789. The Bertz CT molecular complexity index is 1230. The predicted molar refractivity (Wildman–Crippen MR) is 142 cm³/mol. The van der Waals surface area contributed by atoms with Gasteiger partial charge in [0.25, 0.3) is 11.8 Å². The summed E-state index contributed by atoms with van der Waals surface area (Å²) in [7, 11) is 1.47. The molecule has 0 atom stereocenters. The molecule has 3 aromatic carbocycles.